The maximum Gasteiger partial charge on any atom is 0.304 e. The summed E-state index contributed by atoms with van der Waals surface area (Å²) in [6.45, 7) is 1.54. The molecule has 0 spiro atoms. The lowest BCUT2D eigenvalue weighted by Gasteiger charge is -2.21. The van der Waals surface area contributed by atoms with E-state index in [1.54, 1.807) is 6.07 Å². The lowest BCUT2D eigenvalue weighted by molar-refractivity contribution is -0.387. The zero-order chi connectivity index (χ0) is 14.1. The molecule has 2 aliphatic rings. The Morgan fingerprint density at radius 2 is 2.20 bits per heavy atom. The first-order valence-electron chi connectivity index (χ1n) is 7.27. The number of halogens is 1. The Bertz CT molecular complexity index is 521. The highest BCUT2D eigenvalue weighted by Crippen LogP contribution is 2.47. The van der Waals surface area contributed by atoms with Gasteiger partial charge >= 0.3 is 5.69 Å². The number of rotatable bonds is 5. The molecular formula is C15H19FN2O2. The Labute approximate surface area is 117 Å². The third kappa shape index (κ3) is 2.68. The number of nitro groups is 1. The summed E-state index contributed by atoms with van der Waals surface area (Å²) in [5.41, 5.74) is 0.304. The number of benzene rings is 1. The highest BCUT2D eigenvalue weighted by molar-refractivity contribution is 5.34. The summed E-state index contributed by atoms with van der Waals surface area (Å²) in [7, 11) is 0. The van der Waals surface area contributed by atoms with Crippen molar-refractivity contribution in [2.45, 2.75) is 32.2 Å². The van der Waals surface area contributed by atoms with E-state index in [0.29, 0.717) is 6.54 Å². The van der Waals surface area contributed by atoms with Crippen molar-refractivity contribution < 1.29 is 9.31 Å². The minimum atomic E-state index is -0.755. The number of fused-ring (bicyclic) bond motifs is 2. The van der Waals surface area contributed by atoms with Gasteiger partial charge in [0.15, 0.2) is 0 Å². The van der Waals surface area contributed by atoms with Crippen LogP contribution in [0.1, 0.15) is 31.2 Å². The zero-order valence-electron chi connectivity index (χ0n) is 11.3. The number of nitrogens with zero attached hydrogens (tertiary/aromatic N) is 1. The van der Waals surface area contributed by atoms with Crippen molar-refractivity contribution >= 4 is 5.69 Å². The third-order valence-corrected chi connectivity index (χ3v) is 4.83. The molecular weight excluding hydrogens is 259 g/mol. The van der Waals surface area contributed by atoms with Crippen LogP contribution in [0.3, 0.4) is 0 Å². The van der Waals surface area contributed by atoms with Crippen LogP contribution in [0.2, 0.25) is 0 Å². The smallest absolute Gasteiger partial charge is 0.304 e. The van der Waals surface area contributed by atoms with Gasteiger partial charge in [-0.05, 0) is 55.2 Å². The Balaban J connectivity index is 1.51. The van der Waals surface area contributed by atoms with E-state index in [4.69, 9.17) is 0 Å². The van der Waals surface area contributed by atoms with Gasteiger partial charge in [-0.2, -0.15) is 4.39 Å². The van der Waals surface area contributed by atoms with Crippen LogP contribution in [-0.2, 0) is 6.54 Å². The lowest BCUT2D eigenvalue weighted by atomic mass is 9.89. The minimum Gasteiger partial charge on any atom is -0.312 e. The van der Waals surface area contributed by atoms with Gasteiger partial charge in [0, 0.05) is 12.6 Å². The highest BCUT2D eigenvalue weighted by atomic mass is 19.1. The predicted molar refractivity (Wildman–Crippen MR) is 73.7 cm³/mol. The van der Waals surface area contributed by atoms with E-state index >= 15 is 0 Å². The molecule has 0 aromatic heterocycles. The summed E-state index contributed by atoms with van der Waals surface area (Å²) in [4.78, 5) is 9.85. The second-order valence-corrected chi connectivity index (χ2v) is 6.11. The van der Waals surface area contributed by atoms with Gasteiger partial charge in [0.2, 0.25) is 5.82 Å². The average molecular weight is 278 g/mol. The van der Waals surface area contributed by atoms with Crippen LogP contribution >= 0.6 is 0 Å². The van der Waals surface area contributed by atoms with E-state index in [-0.39, 0.29) is 0 Å². The SMILES string of the molecule is O=[N+]([O-])c1ccc(CNCC2CC3CCC2C3)cc1F. The van der Waals surface area contributed by atoms with Gasteiger partial charge in [0.25, 0.3) is 0 Å². The number of hydrogen-bond donors (Lipinski definition) is 1. The largest absolute Gasteiger partial charge is 0.312 e. The molecule has 3 unspecified atom stereocenters. The van der Waals surface area contributed by atoms with Gasteiger partial charge in [-0.15, -0.1) is 0 Å². The average Bonchev–Trinajstić information content (AvgIpc) is 3.00. The molecule has 0 saturated heterocycles. The summed E-state index contributed by atoms with van der Waals surface area (Å²) in [6.07, 6.45) is 5.47. The van der Waals surface area contributed by atoms with Crippen LogP contribution in [0.5, 0.6) is 0 Å². The first kappa shape index (κ1) is 13.5. The molecule has 0 aliphatic heterocycles. The third-order valence-electron chi connectivity index (χ3n) is 4.83. The molecule has 0 amide bonds. The summed E-state index contributed by atoms with van der Waals surface area (Å²) < 4.78 is 13.5. The van der Waals surface area contributed by atoms with E-state index in [1.807, 2.05) is 0 Å². The Hall–Kier alpha value is -1.49. The fourth-order valence-electron chi connectivity index (χ4n) is 3.84. The molecule has 2 aliphatic carbocycles. The molecule has 5 heteroatoms. The van der Waals surface area contributed by atoms with E-state index in [1.165, 1.54) is 37.8 Å². The van der Waals surface area contributed by atoms with Crippen molar-refractivity contribution in [3.05, 3.63) is 39.7 Å². The maximum absolute atomic E-state index is 13.5. The molecule has 3 atom stereocenters. The molecule has 1 aromatic rings. The standard InChI is InChI=1S/C15H19FN2O2/c16-14-7-11(2-4-15(14)18(19)20)8-17-9-13-6-10-1-3-12(13)5-10/h2,4,7,10,12-13,17H,1,3,5-6,8-9H2. The number of hydrogen-bond acceptors (Lipinski definition) is 3. The monoisotopic (exact) mass is 278 g/mol. The predicted octanol–water partition coefficient (Wildman–Crippen LogP) is 3.26. The van der Waals surface area contributed by atoms with Crippen LogP contribution in [0.4, 0.5) is 10.1 Å². The van der Waals surface area contributed by atoms with Crippen molar-refractivity contribution in [2.24, 2.45) is 17.8 Å². The second-order valence-electron chi connectivity index (χ2n) is 6.11. The highest BCUT2D eigenvalue weighted by Gasteiger charge is 2.38. The van der Waals surface area contributed by atoms with Crippen molar-refractivity contribution in [3.8, 4) is 0 Å². The van der Waals surface area contributed by atoms with Crippen LogP contribution in [0, 0.1) is 33.7 Å². The fourth-order valence-corrected chi connectivity index (χ4v) is 3.84. The Morgan fingerprint density at radius 1 is 1.35 bits per heavy atom. The lowest BCUT2D eigenvalue weighted by Crippen LogP contribution is -2.26. The molecule has 4 nitrogen and oxygen atoms in total. The Kier molecular flexibility index (Phi) is 3.70. The minimum absolute atomic E-state index is 0.457. The molecule has 3 rings (SSSR count). The second kappa shape index (κ2) is 5.48. The quantitative estimate of drug-likeness (QED) is 0.664. The fraction of sp³-hybridized carbons (Fsp3) is 0.600. The molecule has 0 radical (unpaired) electrons. The molecule has 2 fully saturated rings. The van der Waals surface area contributed by atoms with Gasteiger partial charge in [0.05, 0.1) is 4.92 Å². The van der Waals surface area contributed by atoms with Crippen molar-refractivity contribution in [1.82, 2.24) is 5.32 Å². The van der Waals surface area contributed by atoms with Crippen LogP contribution in [-0.4, -0.2) is 11.5 Å². The van der Waals surface area contributed by atoms with Gasteiger partial charge in [-0.25, -0.2) is 0 Å². The molecule has 2 saturated carbocycles. The van der Waals surface area contributed by atoms with E-state index in [9.17, 15) is 14.5 Å². The van der Waals surface area contributed by atoms with E-state index in [0.717, 1.165) is 29.9 Å². The maximum atomic E-state index is 13.5. The van der Waals surface area contributed by atoms with Gasteiger partial charge in [-0.1, -0.05) is 12.5 Å². The van der Waals surface area contributed by atoms with Crippen LogP contribution in [0.15, 0.2) is 18.2 Å². The number of nitro benzene ring substituents is 1. The van der Waals surface area contributed by atoms with Crippen LogP contribution in [0.25, 0.3) is 0 Å². The molecule has 108 valence electrons. The van der Waals surface area contributed by atoms with Crippen molar-refractivity contribution in [2.75, 3.05) is 6.54 Å². The molecule has 20 heavy (non-hydrogen) atoms. The van der Waals surface area contributed by atoms with Crippen molar-refractivity contribution in [3.63, 3.8) is 0 Å². The summed E-state index contributed by atoms with van der Waals surface area (Å²) in [6, 6.07) is 4.12. The van der Waals surface area contributed by atoms with Gasteiger partial charge in [-0.3, -0.25) is 10.1 Å². The molecule has 2 bridgehead atoms. The normalized spacial score (nSPS) is 27.9. The van der Waals surface area contributed by atoms with Gasteiger partial charge < -0.3 is 5.32 Å². The summed E-state index contributed by atoms with van der Waals surface area (Å²) in [5, 5.41) is 13.9. The first-order valence-corrected chi connectivity index (χ1v) is 7.27. The summed E-state index contributed by atoms with van der Waals surface area (Å²) in [5.74, 6) is 1.82. The van der Waals surface area contributed by atoms with E-state index < -0.39 is 16.4 Å². The zero-order valence-corrected chi connectivity index (χ0v) is 11.3. The Morgan fingerprint density at radius 3 is 2.80 bits per heavy atom. The number of nitrogens with one attached hydrogen (secondary N) is 1. The first-order chi connectivity index (χ1) is 9.63. The molecule has 0 heterocycles. The van der Waals surface area contributed by atoms with E-state index in [2.05, 4.69) is 5.32 Å². The molecule has 1 N–H and O–H groups in total. The van der Waals surface area contributed by atoms with Crippen molar-refractivity contribution in [1.29, 1.82) is 0 Å². The van der Waals surface area contributed by atoms with Gasteiger partial charge in [0.1, 0.15) is 0 Å². The molecule has 1 aromatic carbocycles. The van der Waals surface area contributed by atoms with Crippen LogP contribution < -0.4 is 5.32 Å². The topological polar surface area (TPSA) is 55.2 Å². The summed E-state index contributed by atoms with van der Waals surface area (Å²) >= 11 is 0.